The zero-order valence-corrected chi connectivity index (χ0v) is 14.0. The Hall–Kier alpha value is -3.03. The lowest BCUT2D eigenvalue weighted by Crippen LogP contribution is -2.49. The SMILES string of the molecule is Cc1nc2cncc(N3CCN(C(=O)Cc4cccnc4)CC3)n2n1. The average molecular weight is 337 g/mol. The Kier molecular flexibility index (Phi) is 4.01. The van der Waals surface area contributed by atoms with Gasteiger partial charge >= 0.3 is 0 Å². The van der Waals surface area contributed by atoms with E-state index in [1.54, 1.807) is 24.8 Å². The number of hydrogen-bond acceptors (Lipinski definition) is 6. The third kappa shape index (κ3) is 3.15. The second-order valence-corrected chi connectivity index (χ2v) is 6.10. The van der Waals surface area contributed by atoms with Crippen LogP contribution in [0.1, 0.15) is 11.4 Å². The van der Waals surface area contributed by atoms with Crippen molar-refractivity contribution in [2.45, 2.75) is 13.3 Å². The highest BCUT2D eigenvalue weighted by Gasteiger charge is 2.23. The first kappa shape index (κ1) is 15.5. The number of fused-ring (bicyclic) bond motifs is 1. The van der Waals surface area contributed by atoms with E-state index in [1.807, 2.05) is 28.5 Å². The second kappa shape index (κ2) is 6.46. The molecule has 25 heavy (non-hydrogen) atoms. The molecule has 1 saturated heterocycles. The number of carbonyl (C=O) groups excluding carboxylic acids is 1. The first-order valence-corrected chi connectivity index (χ1v) is 8.30. The minimum atomic E-state index is 0.139. The van der Waals surface area contributed by atoms with Gasteiger partial charge in [0, 0.05) is 38.6 Å². The van der Waals surface area contributed by atoms with Gasteiger partial charge in [-0.15, -0.1) is 5.10 Å². The number of aryl methyl sites for hydroxylation is 1. The molecule has 0 atom stereocenters. The summed E-state index contributed by atoms with van der Waals surface area (Å²) in [4.78, 5) is 29.2. The number of amides is 1. The Morgan fingerprint density at radius 1 is 1.12 bits per heavy atom. The smallest absolute Gasteiger partial charge is 0.227 e. The molecule has 1 fully saturated rings. The molecule has 0 bridgehead atoms. The summed E-state index contributed by atoms with van der Waals surface area (Å²) in [6.45, 7) is 4.73. The highest BCUT2D eigenvalue weighted by atomic mass is 16.2. The Labute approximate surface area is 145 Å². The van der Waals surface area contributed by atoms with E-state index in [-0.39, 0.29) is 5.91 Å². The zero-order chi connectivity index (χ0) is 17.2. The fourth-order valence-electron chi connectivity index (χ4n) is 3.10. The highest BCUT2D eigenvalue weighted by Crippen LogP contribution is 2.17. The van der Waals surface area contributed by atoms with E-state index < -0.39 is 0 Å². The quantitative estimate of drug-likeness (QED) is 0.701. The van der Waals surface area contributed by atoms with Crippen molar-refractivity contribution in [1.82, 2.24) is 29.5 Å². The molecule has 0 saturated carbocycles. The number of hydrogen-bond donors (Lipinski definition) is 0. The topological polar surface area (TPSA) is 79.5 Å². The van der Waals surface area contributed by atoms with Crippen molar-refractivity contribution in [3.8, 4) is 0 Å². The summed E-state index contributed by atoms with van der Waals surface area (Å²) in [5.41, 5.74) is 1.69. The van der Waals surface area contributed by atoms with Gasteiger partial charge in [-0.25, -0.2) is 4.98 Å². The molecule has 8 nitrogen and oxygen atoms in total. The van der Waals surface area contributed by atoms with Gasteiger partial charge in [0.25, 0.3) is 0 Å². The Bertz CT molecular complexity index is 884. The van der Waals surface area contributed by atoms with Crippen molar-refractivity contribution in [3.63, 3.8) is 0 Å². The van der Waals surface area contributed by atoms with E-state index in [9.17, 15) is 4.79 Å². The van der Waals surface area contributed by atoms with Crippen molar-refractivity contribution in [2.75, 3.05) is 31.1 Å². The van der Waals surface area contributed by atoms with Crippen LogP contribution in [0.3, 0.4) is 0 Å². The van der Waals surface area contributed by atoms with Gasteiger partial charge in [0.15, 0.2) is 11.5 Å². The molecule has 4 heterocycles. The molecule has 3 aromatic heterocycles. The summed E-state index contributed by atoms with van der Waals surface area (Å²) < 4.78 is 1.81. The van der Waals surface area contributed by atoms with Gasteiger partial charge < -0.3 is 9.80 Å². The van der Waals surface area contributed by atoms with E-state index in [2.05, 4.69) is 25.0 Å². The van der Waals surface area contributed by atoms with E-state index in [4.69, 9.17) is 0 Å². The number of pyridine rings is 1. The van der Waals surface area contributed by atoms with E-state index >= 15 is 0 Å². The van der Waals surface area contributed by atoms with E-state index in [0.717, 1.165) is 35.9 Å². The van der Waals surface area contributed by atoms with Crippen LogP contribution in [0.15, 0.2) is 36.9 Å². The number of rotatable bonds is 3. The number of aromatic nitrogens is 5. The monoisotopic (exact) mass is 337 g/mol. The molecular formula is C17H19N7O. The minimum absolute atomic E-state index is 0.139. The van der Waals surface area contributed by atoms with Crippen LogP contribution >= 0.6 is 0 Å². The Morgan fingerprint density at radius 2 is 1.96 bits per heavy atom. The summed E-state index contributed by atoms with van der Waals surface area (Å²) in [6.07, 6.45) is 7.36. The molecule has 128 valence electrons. The molecule has 3 aromatic rings. The zero-order valence-electron chi connectivity index (χ0n) is 14.0. The summed E-state index contributed by atoms with van der Waals surface area (Å²) in [7, 11) is 0. The van der Waals surface area contributed by atoms with Crippen LogP contribution in [0.4, 0.5) is 5.82 Å². The predicted molar refractivity (Wildman–Crippen MR) is 92.3 cm³/mol. The van der Waals surface area contributed by atoms with Crippen LogP contribution < -0.4 is 4.90 Å². The van der Waals surface area contributed by atoms with Crippen LogP contribution in [0.25, 0.3) is 5.65 Å². The minimum Gasteiger partial charge on any atom is -0.352 e. The van der Waals surface area contributed by atoms with Crippen molar-refractivity contribution in [3.05, 3.63) is 48.3 Å². The molecule has 1 aliphatic rings. The molecule has 0 aliphatic carbocycles. The van der Waals surface area contributed by atoms with Crippen LogP contribution in [-0.4, -0.2) is 61.6 Å². The molecule has 1 amide bonds. The number of nitrogens with zero attached hydrogens (tertiary/aromatic N) is 7. The molecule has 8 heteroatoms. The predicted octanol–water partition coefficient (Wildman–Crippen LogP) is 0.719. The fraction of sp³-hybridized carbons (Fsp3) is 0.353. The lowest BCUT2D eigenvalue weighted by atomic mass is 10.2. The summed E-state index contributed by atoms with van der Waals surface area (Å²) >= 11 is 0. The van der Waals surface area contributed by atoms with Gasteiger partial charge in [-0.05, 0) is 18.6 Å². The first-order valence-electron chi connectivity index (χ1n) is 8.30. The average Bonchev–Trinajstić information content (AvgIpc) is 3.03. The summed E-state index contributed by atoms with van der Waals surface area (Å²) in [6, 6.07) is 3.79. The maximum atomic E-state index is 12.5. The largest absolute Gasteiger partial charge is 0.352 e. The maximum Gasteiger partial charge on any atom is 0.227 e. The highest BCUT2D eigenvalue weighted by molar-refractivity contribution is 5.79. The molecule has 0 unspecified atom stereocenters. The first-order chi connectivity index (χ1) is 12.2. The van der Waals surface area contributed by atoms with Crippen LogP contribution in [0.2, 0.25) is 0 Å². The fourth-order valence-corrected chi connectivity index (χ4v) is 3.10. The summed E-state index contributed by atoms with van der Waals surface area (Å²) in [5.74, 6) is 1.78. The van der Waals surface area contributed by atoms with Gasteiger partial charge in [-0.3, -0.25) is 14.8 Å². The van der Waals surface area contributed by atoms with Gasteiger partial charge in [0.1, 0.15) is 5.82 Å². The van der Waals surface area contributed by atoms with E-state index in [0.29, 0.717) is 19.5 Å². The van der Waals surface area contributed by atoms with Crippen LogP contribution in [-0.2, 0) is 11.2 Å². The van der Waals surface area contributed by atoms with Crippen molar-refractivity contribution < 1.29 is 4.79 Å². The lowest BCUT2D eigenvalue weighted by Gasteiger charge is -2.35. The van der Waals surface area contributed by atoms with Crippen LogP contribution in [0.5, 0.6) is 0 Å². The van der Waals surface area contributed by atoms with Crippen molar-refractivity contribution >= 4 is 17.4 Å². The standard InChI is InChI=1S/C17H19N7O/c1-13-20-15-11-19-12-16(24(15)21-13)22-5-7-23(8-6-22)17(25)9-14-3-2-4-18-10-14/h2-4,10-12H,5-9H2,1H3. The molecule has 0 spiro atoms. The van der Waals surface area contributed by atoms with Crippen LogP contribution in [0, 0.1) is 6.92 Å². The van der Waals surface area contributed by atoms with Gasteiger partial charge in [0.2, 0.25) is 5.91 Å². The second-order valence-electron chi connectivity index (χ2n) is 6.10. The Morgan fingerprint density at radius 3 is 2.72 bits per heavy atom. The van der Waals surface area contributed by atoms with Crippen molar-refractivity contribution in [2.24, 2.45) is 0 Å². The van der Waals surface area contributed by atoms with Crippen molar-refractivity contribution in [1.29, 1.82) is 0 Å². The molecule has 0 aromatic carbocycles. The molecule has 0 radical (unpaired) electrons. The van der Waals surface area contributed by atoms with Gasteiger partial charge in [0.05, 0.1) is 18.8 Å². The number of carbonyl (C=O) groups is 1. The number of anilines is 1. The van der Waals surface area contributed by atoms with E-state index in [1.165, 1.54) is 0 Å². The number of piperazine rings is 1. The van der Waals surface area contributed by atoms with Gasteiger partial charge in [-0.1, -0.05) is 6.07 Å². The summed E-state index contributed by atoms with van der Waals surface area (Å²) in [5, 5.41) is 4.43. The molecule has 1 aliphatic heterocycles. The van der Waals surface area contributed by atoms with Gasteiger partial charge in [-0.2, -0.15) is 4.52 Å². The third-order valence-electron chi connectivity index (χ3n) is 4.37. The molecular weight excluding hydrogens is 318 g/mol. The molecule has 0 N–H and O–H groups in total. The molecule has 4 rings (SSSR count). The maximum absolute atomic E-state index is 12.5. The normalized spacial score (nSPS) is 14.9. The Balaban J connectivity index is 1.43. The lowest BCUT2D eigenvalue weighted by molar-refractivity contribution is -0.130. The third-order valence-corrected chi connectivity index (χ3v) is 4.37.